The van der Waals surface area contributed by atoms with Crippen LogP contribution in [0.25, 0.3) is 11.0 Å². The van der Waals surface area contributed by atoms with Crippen LogP contribution in [0.2, 0.25) is 0 Å². The molecule has 0 amide bonds. The molecule has 0 radical (unpaired) electrons. The van der Waals surface area contributed by atoms with Crippen molar-refractivity contribution in [2.45, 2.75) is 19.4 Å². The summed E-state index contributed by atoms with van der Waals surface area (Å²) in [5.74, 6) is 0. The summed E-state index contributed by atoms with van der Waals surface area (Å²) in [5.41, 5.74) is 5.37. The van der Waals surface area contributed by atoms with E-state index in [-0.39, 0.29) is 0 Å². The maximum absolute atomic E-state index is 4.54. The van der Waals surface area contributed by atoms with Gasteiger partial charge in [0.1, 0.15) is 0 Å². The lowest BCUT2D eigenvalue weighted by atomic mass is 10.1. The van der Waals surface area contributed by atoms with Gasteiger partial charge in [0.15, 0.2) is 0 Å². The predicted octanol–water partition coefficient (Wildman–Crippen LogP) is 1.95. The van der Waals surface area contributed by atoms with Crippen LogP contribution in [0.1, 0.15) is 17.7 Å². The zero-order valence-corrected chi connectivity index (χ0v) is 9.90. The van der Waals surface area contributed by atoms with Gasteiger partial charge in [-0.1, -0.05) is 0 Å². The maximum Gasteiger partial charge on any atom is 0.0916 e. The molecule has 2 aromatic rings. The van der Waals surface area contributed by atoms with Gasteiger partial charge in [-0.3, -0.25) is 4.98 Å². The summed E-state index contributed by atoms with van der Waals surface area (Å²) in [5, 5.41) is 0. The van der Waals surface area contributed by atoms with Gasteiger partial charge in [0.05, 0.1) is 11.0 Å². The van der Waals surface area contributed by atoms with Crippen molar-refractivity contribution in [2.24, 2.45) is 7.05 Å². The van der Waals surface area contributed by atoms with Gasteiger partial charge in [0.2, 0.25) is 0 Å². The Balaban J connectivity index is 2.27. The molecule has 84 valence electrons. The van der Waals surface area contributed by atoms with E-state index in [4.69, 9.17) is 0 Å². The highest BCUT2D eigenvalue weighted by Crippen LogP contribution is 2.27. The summed E-state index contributed by atoms with van der Waals surface area (Å²) in [6, 6.07) is 4.18. The average molecular weight is 215 g/mol. The number of rotatable bonds is 0. The molecule has 1 aliphatic heterocycles. The smallest absolute Gasteiger partial charge is 0.0916 e. The highest BCUT2D eigenvalue weighted by Gasteiger charge is 2.19. The lowest BCUT2D eigenvalue weighted by Gasteiger charge is -2.14. The van der Waals surface area contributed by atoms with E-state index in [0.717, 1.165) is 13.0 Å². The van der Waals surface area contributed by atoms with Crippen LogP contribution in [0.3, 0.4) is 0 Å². The van der Waals surface area contributed by atoms with Crippen LogP contribution in [0.5, 0.6) is 0 Å². The maximum atomic E-state index is 4.54. The van der Waals surface area contributed by atoms with E-state index in [1.807, 2.05) is 12.3 Å². The molecule has 0 fully saturated rings. The molecule has 0 saturated heterocycles. The Labute approximate surface area is 95.7 Å². The van der Waals surface area contributed by atoms with Crippen LogP contribution in [-0.2, 0) is 20.0 Å². The molecule has 0 saturated carbocycles. The van der Waals surface area contributed by atoms with Gasteiger partial charge in [-0.2, -0.15) is 0 Å². The van der Waals surface area contributed by atoms with Crippen LogP contribution >= 0.6 is 0 Å². The fraction of sp³-hybridized carbons (Fsp3) is 0.462. The molecule has 0 N–H and O–H groups in total. The molecule has 16 heavy (non-hydrogen) atoms. The molecule has 0 aromatic carbocycles. The van der Waals surface area contributed by atoms with Gasteiger partial charge >= 0.3 is 0 Å². The zero-order valence-electron chi connectivity index (χ0n) is 9.90. The Kier molecular flexibility index (Phi) is 2.21. The molecule has 0 unspecified atom stereocenters. The van der Waals surface area contributed by atoms with E-state index in [0.29, 0.717) is 0 Å². The summed E-state index contributed by atoms with van der Waals surface area (Å²) in [6.07, 6.45) is 4.30. The average Bonchev–Trinajstić information content (AvgIpc) is 2.47. The summed E-state index contributed by atoms with van der Waals surface area (Å²) < 4.78 is 2.31. The second-order valence-electron chi connectivity index (χ2n) is 4.70. The van der Waals surface area contributed by atoms with Crippen LogP contribution in [0, 0.1) is 0 Å². The topological polar surface area (TPSA) is 21.1 Å². The van der Waals surface area contributed by atoms with Crippen LogP contribution in [0.15, 0.2) is 18.3 Å². The van der Waals surface area contributed by atoms with Gasteiger partial charge in [-0.15, -0.1) is 0 Å². The first-order valence-corrected chi connectivity index (χ1v) is 5.87. The SMILES string of the molecule is CN1CCCc2c(n(C)c3cccnc23)C1. The van der Waals surface area contributed by atoms with Crippen molar-refractivity contribution in [2.75, 3.05) is 13.6 Å². The van der Waals surface area contributed by atoms with E-state index >= 15 is 0 Å². The lowest BCUT2D eigenvalue weighted by Crippen LogP contribution is -2.18. The molecule has 2 aromatic heterocycles. The van der Waals surface area contributed by atoms with Crippen molar-refractivity contribution in [3.8, 4) is 0 Å². The minimum absolute atomic E-state index is 1.04. The molecule has 3 nitrogen and oxygen atoms in total. The summed E-state index contributed by atoms with van der Waals surface area (Å²) in [7, 11) is 4.35. The highest BCUT2D eigenvalue weighted by molar-refractivity contribution is 5.81. The fourth-order valence-corrected chi connectivity index (χ4v) is 2.71. The number of hydrogen-bond acceptors (Lipinski definition) is 2. The van der Waals surface area contributed by atoms with Crippen molar-refractivity contribution in [1.29, 1.82) is 0 Å². The number of nitrogens with zero attached hydrogens (tertiary/aromatic N) is 3. The van der Waals surface area contributed by atoms with Crippen molar-refractivity contribution in [3.05, 3.63) is 29.6 Å². The first kappa shape index (κ1) is 9.85. The Morgan fingerprint density at radius 2 is 2.19 bits per heavy atom. The Hall–Kier alpha value is -1.35. The molecule has 0 bridgehead atoms. The first-order valence-electron chi connectivity index (χ1n) is 5.87. The minimum atomic E-state index is 1.04. The summed E-state index contributed by atoms with van der Waals surface area (Å²) in [4.78, 5) is 6.94. The molecular formula is C13H17N3. The Morgan fingerprint density at radius 3 is 3.06 bits per heavy atom. The molecule has 0 atom stereocenters. The van der Waals surface area contributed by atoms with Gasteiger partial charge in [-0.25, -0.2) is 0 Å². The number of pyridine rings is 1. The third kappa shape index (κ3) is 1.35. The standard InChI is InChI=1S/C13H17N3/c1-15-8-4-5-10-12(9-15)16(2)11-6-3-7-14-13(10)11/h3,6-7H,4-5,8-9H2,1-2H3. The normalized spacial score (nSPS) is 17.4. The van der Waals surface area contributed by atoms with Crippen LogP contribution in [-0.4, -0.2) is 28.0 Å². The number of aryl methyl sites for hydroxylation is 2. The molecule has 1 aliphatic rings. The number of hydrogen-bond donors (Lipinski definition) is 0. The predicted molar refractivity (Wildman–Crippen MR) is 65.4 cm³/mol. The monoisotopic (exact) mass is 215 g/mol. The van der Waals surface area contributed by atoms with E-state index in [9.17, 15) is 0 Å². The summed E-state index contributed by atoms with van der Waals surface area (Å²) in [6.45, 7) is 2.23. The lowest BCUT2D eigenvalue weighted by molar-refractivity contribution is 0.326. The molecular weight excluding hydrogens is 198 g/mol. The summed E-state index contributed by atoms with van der Waals surface area (Å²) >= 11 is 0. The van der Waals surface area contributed by atoms with Crippen molar-refractivity contribution in [1.82, 2.24) is 14.5 Å². The van der Waals surface area contributed by atoms with Crippen molar-refractivity contribution < 1.29 is 0 Å². The third-order valence-corrected chi connectivity index (χ3v) is 3.57. The van der Waals surface area contributed by atoms with Crippen molar-refractivity contribution in [3.63, 3.8) is 0 Å². The molecule has 3 heterocycles. The zero-order chi connectivity index (χ0) is 11.1. The quantitative estimate of drug-likeness (QED) is 0.669. The third-order valence-electron chi connectivity index (χ3n) is 3.57. The molecule has 0 spiro atoms. The largest absolute Gasteiger partial charge is 0.345 e. The molecule has 3 rings (SSSR count). The minimum Gasteiger partial charge on any atom is -0.345 e. The number of fused-ring (bicyclic) bond motifs is 3. The molecule has 0 aliphatic carbocycles. The van der Waals surface area contributed by atoms with Gasteiger partial charge in [-0.05, 0) is 38.6 Å². The van der Waals surface area contributed by atoms with E-state index < -0.39 is 0 Å². The Morgan fingerprint density at radius 1 is 1.31 bits per heavy atom. The van der Waals surface area contributed by atoms with Crippen LogP contribution < -0.4 is 0 Å². The van der Waals surface area contributed by atoms with Crippen molar-refractivity contribution >= 4 is 11.0 Å². The Bertz CT molecular complexity index is 527. The second kappa shape index (κ2) is 3.59. The first-order chi connectivity index (χ1) is 7.77. The van der Waals surface area contributed by atoms with Crippen LogP contribution in [0.4, 0.5) is 0 Å². The van der Waals surface area contributed by atoms with E-state index in [1.54, 1.807) is 0 Å². The van der Waals surface area contributed by atoms with Gasteiger partial charge < -0.3 is 9.47 Å². The highest BCUT2D eigenvalue weighted by atomic mass is 15.1. The van der Waals surface area contributed by atoms with E-state index in [1.165, 1.54) is 35.3 Å². The molecule has 3 heteroatoms. The van der Waals surface area contributed by atoms with E-state index in [2.05, 4.69) is 34.6 Å². The van der Waals surface area contributed by atoms with Gasteiger partial charge in [0.25, 0.3) is 0 Å². The fourth-order valence-electron chi connectivity index (χ4n) is 2.71. The second-order valence-corrected chi connectivity index (χ2v) is 4.70. The number of aromatic nitrogens is 2. The van der Waals surface area contributed by atoms with Gasteiger partial charge in [0, 0.05) is 31.0 Å².